The first-order valence-electron chi connectivity index (χ1n) is 8.44. The van der Waals surface area contributed by atoms with E-state index in [9.17, 15) is 9.59 Å². The van der Waals surface area contributed by atoms with E-state index in [0.717, 1.165) is 5.69 Å². The van der Waals surface area contributed by atoms with Crippen molar-refractivity contribution in [2.45, 2.75) is 33.6 Å². The Bertz CT molecular complexity index is 1010. The molecule has 2 heterocycles. The van der Waals surface area contributed by atoms with Crippen LogP contribution in [0.1, 0.15) is 47.3 Å². The Kier molecular flexibility index (Phi) is 4.54. The molecule has 7 nitrogen and oxygen atoms in total. The first-order valence-corrected chi connectivity index (χ1v) is 8.44. The molecule has 0 aliphatic rings. The van der Waals surface area contributed by atoms with Crippen LogP contribution in [-0.4, -0.2) is 20.4 Å². The predicted octanol–water partition coefficient (Wildman–Crippen LogP) is 3.16. The quantitative estimate of drug-likeness (QED) is 0.780. The van der Waals surface area contributed by atoms with Crippen molar-refractivity contribution >= 4 is 11.6 Å². The molecule has 1 aromatic carbocycles. The van der Waals surface area contributed by atoms with Crippen molar-refractivity contribution < 1.29 is 9.32 Å². The van der Waals surface area contributed by atoms with E-state index in [-0.39, 0.29) is 17.2 Å². The first-order chi connectivity index (χ1) is 12.3. The molecule has 0 unspecified atom stereocenters. The van der Waals surface area contributed by atoms with E-state index in [1.165, 1.54) is 4.68 Å². The highest BCUT2D eigenvalue weighted by molar-refractivity contribution is 6.06. The van der Waals surface area contributed by atoms with Crippen molar-refractivity contribution in [2.75, 3.05) is 5.32 Å². The minimum atomic E-state index is -0.390. The van der Waals surface area contributed by atoms with E-state index in [2.05, 4.69) is 10.5 Å². The smallest absolute Gasteiger partial charge is 0.295 e. The fourth-order valence-corrected chi connectivity index (χ4v) is 2.95. The van der Waals surface area contributed by atoms with Crippen molar-refractivity contribution in [1.82, 2.24) is 14.5 Å². The summed E-state index contributed by atoms with van der Waals surface area (Å²) in [5.41, 5.74) is 2.23. The van der Waals surface area contributed by atoms with Crippen LogP contribution in [0.2, 0.25) is 0 Å². The predicted molar refractivity (Wildman–Crippen MR) is 99.0 cm³/mol. The van der Waals surface area contributed by atoms with Gasteiger partial charge in [-0.15, -0.1) is 0 Å². The molecule has 0 radical (unpaired) electrons. The summed E-state index contributed by atoms with van der Waals surface area (Å²) in [6.07, 6.45) is 0. The number of hydrogen-bond acceptors (Lipinski definition) is 4. The molecule has 0 saturated heterocycles. The average Bonchev–Trinajstić information content (AvgIpc) is 3.09. The van der Waals surface area contributed by atoms with Crippen LogP contribution < -0.4 is 10.9 Å². The molecule has 1 N–H and O–H groups in total. The molecule has 26 heavy (non-hydrogen) atoms. The van der Waals surface area contributed by atoms with Crippen LogP contribution >= 0.6 is 0 Å². The maximum absolute atomic E-state index is 12.9. The zero-order valence-electron chi connectivity index (χ0n) is 15.5. The topological polar surface area (TPSA) is 82.1 Å². The van der Waals surface area contributed by atoms with Crippen LogP contribution in [-0.2, 0) is 7.05 Å². The minimum Gasteiger partial charge on any atom is -0.360 e. The van der Waals surface area contributed by atoms with Gasteiger partial charge in [-0.3, -0.25) is 14.3 Å². The fourth-order valence-electron chi connectivity index (χ4n) is 2.95. The Morgan fingerprint density at radius 3 is 2.46 bits per heavy atom. The lowest BCUT2D eigenvalue weighted by Gasteiger charge is -2.07. The molecule has 0 saturated carbocycles. The highest BCUT2D eigenvalue weighted by atomic mass is 16.5. The van der Waals surface area contributed by atoms with Gasteiger partial charge < -0.3 is 9.84 Å². The summed E-state index contributed by atoms with van der Waals surface area (Å²) < 4.78 is 8.52. The van der Waals surface area contributed by atoms with E-state index < -0.39 is 5.91 Å². The number of anilines is 1. The molecule has 3 aromatic rings. The van der Waals surface area contributed by atoms with Gasteiger partial charge in [0.25, 0.3) is 11.5 Å². The number of carbonyl (C=O) groups is 1. The van der Waals surface area contributed by atoms with E-state index in [1.54, 1.807) is 25.6 Å². The van der Waals surface area contributed by atoms with Gasteiger partial charge in [0.15, 0.2) is 5.76 Å². The Morgan fingerprint density at radius 1 is 1.19 bits per heavy atom. The zero-order chi connectivity index (χ0) is 19.0. The Balaban J connectivity index is 2.04. The Hall–Kier alpha value is -3.09. The van der Waals surface area contributed by atoms with E-state index >= 15 is 0 Å². The van der Waals surface area contributed by atoms with Crippen molar-refractivity contribution in [3.8, 4) is 5.69 Å². The van der Waals surface area contributed by atoms with Gasteiger partial charge in [-0.25, -0.2) is 4.68 Å². The molecule has 136 valence electrons. The lowest BCUT2D eigenvalue weighted by atomic mass is 10.0. The van der Waals surface area contributed by atoms with Crippen LogP contribution in [0.5, 0.6) is 0 Å². The van der Waals surface area contributed by atoms with Gasteiger partial charge in [-0.05, 0) is 26.0 Å². The monoisotopic (exact) mass is 354 g/mol. The molecular weight excluding hydrogens is 332 g/mol. The van der Waals surface area contributed by atoms with Gasteiger partial charge in [0.05, 0.1) is 17.1 Å². The SMILES string of the molecule is Cc1noc(C(C)C)c1C(=O)Nc1c(C)n(C)n(-c2ccccc2)c1=O. The van der Waals surface area contributed by atoms with Gasteiger partial charge in [0.2, 0.25) is 0 Å². The van der Waals surface area contributed by atoms with Crippen LogP contribution in [0, 0.1) is 13.8 Å². The van der Waals surface area contributed by atoms with E-state index in [1.807, 2.05) is 44.2 Å². The third kappa shape index (κ3) is 2.85. The van der Waals surface area contributed by atoms with Crippen LogP contribution in [0.3, 0.4) is 0 Å². The molecule has 0 fully saturated rings. The van der Waals surface area contributed by atoms with E-state index in [0.29, 0.717) is 22.7 Å². The molecule has 2 aromatic heterocycles. The highest BCUT2D eigenvalue weighted by Crippen LogP contribution is 2.23. The first kappa shape index (κ1) is 17.7. The third-order valence-corrected chi connectivity index (χ3v) is 4.43. The van der Waals surface area contributed by atoms with Crippen molar-refractivity contribution in [1.29, 1.82) is 0 Å². The summed E-state index contributed by atoms with van der Waals surface area (Å²) in [6, 6.07) is 9.28. The number of para-hydroxylation sites is 1. The maximum atomic E-state index is 12.9. The Labute approximate surface area is 151 Å². The summed E-state index contributed by atoms with van der Waals surface area (Å²) in [7, 11) is 1.78. The lowest BCUT2D eigenvalue weighted by Crippen LogP contribution is -2.23. The normalized spacial score (nSPS) is 11.2. The van der Waals surface area contributed by atoms with Gasteiger partial charge in [0.1, 0.15) is 11.3 Å². The van der Waals surface area contributed by atoms with Gasteiger partial charge in [-0.1, -0.05) is 37.2 Å². The maximum Gasteiger partial charge on any atom is 0.295 e. The number of amides is 1. The fraction of sp³-hybridized carbons (Fsp3) is 0.316. The molecular formula is C19H22N4O3. The average molecular weight is 354 g/mol. The molecule has 0 aliphatic heterocycles. The number of benzene rings is 1. The van der Waals surface area contributed by atoms with Crippen LogP contribution in [0.25, 0.3) is 5.69 Å². The largest absolute Gasteiger partial charge is 0.360 e. The van der Waals surface area contributed by atoms with Crippen LogP contribution in [0.4, 0.5) is 5.69 Å². The number of hydrogen-bond donors (Lipinski definition) is 1. The Morgan fingerprint density at radius 2 is 1.85 bits per heavy atom. The third-order valence-electron chi connectivity index (χ3n) is 4.43. The molecule has 0 atom stereocenters. The second-order valence-electron chi connectivity index (χ2n) is 6.55. The zero-order valence-corrected chi connectivity index (χ0v) is 15.5. The molecule has 1 amide bonds. The van der Waals surface area contributed by atoms with Gasteiger partial charge in [0, 0.05) is 13.0 Å². The number of rotatable bonds is 4. The number of carbonyl (C=O) groups excluding carboxylic acids is 1. The van der Waals surface area contributed by atoms with Gasteiger partial charge in [-0.2, -0.15) is 0 Å². The molecule has 0 aliphatic carbocycles. The molecule has 7 heteroatoms. The molecule has 3 rings (SSSR count). The second kappa shape index (κ2) is 6.67. The summed E-state index contributed by atoms with van der Waals surface area (Å²) in [6.45, 7) is 7.35. The van der Waals surface area contributed by atoms with Crippen molar-refractivity contribution in [3.05, 3.63) is 63.4 Å². The highest BCUT2D eigenvalue weighted by Gasteiger charge is 2.25. The number of nitrogens with one attached hydrogen (secondary N) is 1. The summed E-state index contributed by atoms with van der Waals surface area (Å²) in [5, 5.41) is 6.65. The van der Waals surface area contributed by atoms with Gasteiger partial charge >= 0.3 is 0 Å². The lowest BCUT2D eigenvalue weighted by molar-refractivity contribution is 0.102. The summed E-state index contributed by atoms with van der Waals surface area (Å²) in [4.78, 5) is 25.7. The molecule has 0 spiro atoms. The summed E-state index contributed by atoms with van der Waals surface area (Å²) >= 11 is 0. The summed E-state index contributed by atoms with van der Waals surface area (Å²) in [5.74, 6) is 0.130. The molecule has 0 bridgehead atoms. The number of aryl methyl sites for hydroxylation is 1. The van der Waals surface area contributed by atoms with E-state index in [4.69, 9.17) is 4.52 Å². The van der Waals surface area contributed by atoms with Crippen LogP contribution in [0.15, 0.2) is 39.6 Å². The second-order valence-corrected chi connectivity index (χ2v) is 6.55. The minimum absolute atomic E-state index is 0.00907. The van der Waals surface area contributed by atoms with Crippen molar-refractivity contribution in [3.63, 3.8) is 0 Å². The standard InChI is InChI=1S/C19H22N4O3/c1-11(2)17-15(12(3)21-26-17)18(24)20-16-13(4)22(5)23(19(16)25)14-9-7-6-8-10-14/h6-11H,1-5H3,(H,20,24). The van der Waals surface area contributed by atoms with Crippen molar-refractivity contribution in [2.24, 2.45) is 7.05 Å². The number of nitrogens with zero attached hydrogens (tertiary/aromatic N) is 3. The number of aromatic nitrogens is 3.